The summed E-state index contributed by atoms with van der Waals surface area (Å²) in [6, 6.07) is 0. The van der Waals surface area contributed by atoms with Gasteiger partial charge in [0.25, 0.3) is 0 Å². The molecule has 52 heavy (non-hydrogen) atoms. The molecule has 0 spiro atoms. The van der Waals surface area contributed by atoms with Gasteiger partial charge in [-0.15, -0.1) is 0 Å². The molecule has 8 heteroatoms. The van der Waals surface area contributed by atoms with E-state index in [2.05, 4.69) is 77.6 Å². The molecule has 0 aliphatic carbocycles. The third kappa shape index (κ3) is 24.6. The molecule has 0 fully saturated rings. The maximum absolute atomic E-state index is 13.0. The lowest BCUT2D eigenvalue weighted by Gasteiger charge is -2.15. The van der Waals surface area contributed by atoms with Gasteiger partial charge in [-0.3, -0.25) is 0 Å². The van der Waals surface area contributed by atoms with Crippen LogP contribution >= 0.6 is 63.7 Å². The van der Waals surface area contributed by atoms with Crippen molar-refractivity contribution in [3.05, 3.63) is 29.0 Å². The highest BCUT2D eigenvalue weighted by molar-refractivity contribution is 9.14. The van der Waals surface area contributed by atoms with Gasteiger partial charge in [0.05, 0.1) is 24.3 Å². The molecule has 0 heterocycles. The first-order valence-corrected chi connectivity index (χ1v) is 24.7. The van der Waals surface area contributed by atoms with Crippen molar-refractivity contribution in [3.8, 4) is 0 Å². The fraction of sp³-hybridized carbons (Fsp3) is 0.818. The molecular formula is C44H74Br4O4. The topological polar surface area (TPSA) is 52.6 Å². The van der Waals surface area contributed by atoms with Crippen LogP contribution < -0.4 is 0 Å². The Bertz CT molecular complexity index is 938. The predicted molar refractivity (Wildman–Crippen MR) is 237 cm³/mol. The monoisotopic (exact) mass is 982 g/mol. The van der Waals surface area contributed by atoms with Gasteiger partial charge in [-0.05, 0) is 76.6 Å². The fourth-order valence-corrected chi connectivity index (χ4v) is 9.53. The van der Waals surface area contributed by atoms with Crippen LogP contribution in [-0.4, -0.2) is 25.2 Å². The third-order valence-electron chi connectivity index (χ3n) is 10.1. The molecule has 0 unspecified atom stereocenters. The highest BCUT2D eigenvalue weighted by Gasteiger charge is 2.28. The minimum Gasteiger partial charge on any atom is -0.462 e. The van der Waals surface area contributed by atoms with Gasteiger partial charge in [-0.2, -0.15) is 0 Å². The Morgan fingerprint density at radius 1 is 0.327 bits per heavy atom. The van der Waals surface area contributed by atoms with Crippen molar-refractivity contribution in [2.45, 2.75) is 219 Å². The van der Waals surface area contributed by atoms with E-state index in [9.17, 15) is 9.59 Å². The van der Waals surface area contributed by atoms with Crippen molar-refractivity contribution in [1.29, 1.82) is 0 Å². The smallest absolute Gasteiger partial charge is 0.340 e. The van der Waals surface area contributed by atoms with Crippen LogP contribution in [0.1, 0.15) is 240 Å². The Morgan fingerprint density at radius 3 is 0.692 bits per heavy atom. The van der Waals surface area contributed by atoms with Crippen LogP contribution in [0.5, 0.6) is 0 Å². The summed E-state index contributed by atoms with van der Waals surface area (Å²) in [5, 5.41) is 0. The van der Waals surface area contributed by atoms with Crippen LogP contribution in [0.2, 0.25) is 0 Å². The molecule has 0 atom stereocenters. The van der Waals surface area contributed by atoms with Crippen LogP contribution in [0.15, 0.2) is 17.9 Å². The van der Waals surface area contributed by atoms with E-state index in [1.54, 1.807) is 0 Å². The van der Waals surface area contributed by atoms with Gasteiger partial charge < -0.3 is 9.47 Å². The summed E-state index contributed by atoms with van der Waals surface area (Å²) in [4.78, 5) is 26.1. The van der Waals surface area contributed by atoms with Crippen LogP contribution in [0, 0.1) is 0 Å². The summed E-state index contributed by atoms with van der Waals surface area (Å²) in [5.41, 5.74) is 0.703. The average molecular weight is 987 g/mol. The number of ether oxygens (including phenoxy) is 2. The molecule has 0 saturated carbocycles. The first kappa shape index (κ1) is 50.1. The second kappa shape index (κ2) is 35.5. The Hall–Kier alpha value is 0.0800. The SMILES string of the molecule is CCCCCCCCCCCCCCCCCCOC(=O)c1c(Br)c(Br)c(C(=O)OCCCCCCCCCCCCCCCCCC)c(Br)c1Br. The minimum atomic E-state index is -0.422. The Morgan fingerprint density at radius 2 is 0.500 bits per heavy atom. The highest BCUT2D eigenvalue weighted by atomic mass is 79.9. The van der Waals surface area contributed by atoms with Crippen molar-refractivity contribution < 1.29 is 19.1 Å². The van der Waals surface area contributed by atoms with Gasteiger partial charge in [0.15, 0.2) is 0 Å². The van der Waals surface area contributed by atoms with Crippen LogP contribution in [0.25, 0.3) is 0 Å². The van der Waals surface area contributed by atoms with Gasteiger partial charge in [0.2, 0.25) is 0 Å². The Balaban J connectivity index is 2.17. The average Bonchev–Trinajstić information content (AvgIpc) is 3.13. The summed E-state index contributed by atoms with van der Waals surface area (Å²) in [6.07, 6.45) is 41.8. The summed E-state index contributed by atoms with van der Waals surface area (Å²) >= 11 is 14.1. The summed E-state index contributed by atoms with van der Waals surface area (Å²) in [6.45, 7) is 5.32. The van der Waals surface area contributed by atoms with E-state index in [1.165, 1.54) is 180 Å². The van der Waals surface area contributed by atoms with E-state index in [0.717, 1.165) is 25.7 Å². The highest BCUT2D eigenvalue weighted by Crippen LogP contribution is 2.42. The Kier molecular flexibility index (Phi) is 34.2. The molecule has 0 saturated heterocycles. The third-order valence-corrected chi connectivity index (χ3v) is 14.4. The summed E-state index contributed by atoms with van der Waals surface area (Å²) in [7, 11) is 0. The quantitative estimate of drug-likeness (QED) is 0.0382. The first-order chi connectivity index (χ1) is 25.4. The number of unbranched alkanes of at least 4 members (excludes halogenated alkanes) is 30. The van der Waals surface area contributed by atoms with Crippen LogP contribution in [0.3, 0.4) is 0 Å². The minimum absolute atomic E-state index is 0.351. The van der Waals surface area contributed by atoms with E-state index in [4.69, 9.17) is 9.47 Å². The number of carbonyl (C=O) groups is 2. The Labute approximate surface area is 353 Å². The molecule has 302 valence electrons. The van der Waals surface area contributed by atoms with Crippen molar-refractivity contribution in [3.63, 3.8) is 0 Å². The van der Waals surface area contributed by atoms with E-state index in [0.29, 0.717) is 42.2 Å². The molecule has 0 amide bonds. The number of carbonyl (C=O) groups excluding carboxylic acids is 2. The van der Waals surface area contributed by atoms with Crippen molar-refractivity contribution in [2.75, 3.05) is 13.2 Å². The van der Waals surface area contributed by atoms with E-state index < -0.39 is 11.9 Å². The molecule has 0 aliphatic heterocycles. The molecule has 0 aromatic heterocycles. The predicted octanol–water partition coefficient (Wildman–Crippen LogP) is 17.6. The molecule has 4 nitrogen and oxygen atoms in total. The molecular weight excluding hydrogens is 912 g/mol. The van der Waals surface area contributed by atoms with E-state index in [-0.39, 0.29) is 0 Å². The molecule has 0 radical (unpaired) electrons. The van der Waals surface area contributed by atoms with E-state index in [1.807, 2.05) is 0 Å². The lowest BCUT2D eigenvalue weighted by molar-refractivity contribution is 0.0479. The van der Waals surface area contributed by atoms with Crippen molar-refractivity contribution in [2.24, 2.45) is 0 Å². The maximum atomic E-state index is 13.0. The van der Waals surface area contributed by atoms with Crippen LogP contribution in [-0.2, 0) is 9.47 Å². The number of rotatable bonds is 36. The fourth-order valence-electron chi connectivity index (χ4n) is 6.76. The lowest BCUT2D eigenvalue weighted by Crippen LogP contribution is -2.13. The summed E-state index contributed by atoms with van der Waals surface area (Å²) < 4.78 is 13.2. The van der Waals surface area contributed by atoms with Crippen molar-refractivity contribution >= 4 is 75.7 Å². The molecule has 1 aromatic carbocycles. The number of hydrogen-bond donors (Lipinski definition) is 0. The zero-order valence-electron chi connectivity index (χ0n) is 33.2. The van der Waals surface area contributed by atoms with Crippen LogP contribution in [0.4, 0.5) is 0 Å². The van der Waals surface area contributed by atoms with E-state index >= 15 is 0 Å². The molecule has 0 bridgehead atoms. The van der Waals surface area contributed by atoms with Gasteiger partial charge in [-0.25, -0.2) is 9.59 Å². The van der Waals surface area contributed by atoms with Crippen molar-refractivity contribution in [1.82, 2.24) is 0 Å². The first-order valence-electron chi connectivity index (χ1n) is 21.6. The zero-order valence-corrected chi connectivity index (χ0v) is 39.5. The van der Waals surface area contributed by atoms with Gasteiger partial charge in [0.1, 0.15) is 0 Å². The molecule has 0 aliphatic rings. The lowest BCUT2D eigenvalue weighted by atomic mass is 10.0. The normalized spacial score (nSPS) is 11.3. The maximum Gasteiger partial charge on any atom is 0.340 e. The van der Waals surface area contributed by atoms with Gasteiger partial charge in [0, 0.05) is 17.9 Å². The van der Waals surface area contributed by atoms with Gasteiger partial charge in [-0.1, -0.05) is 206 Å². The molecule has 0 N–H and O–H groups in total. The number of hydrogen-bond acceptors (Lipinski definition) is 4. The number of halogens is 4. The zero-order chi connectivity index (χ0) is 38.1. The molecule has 1 rings (SSSR count). The summed E-state index contributed by atoms with van der Waals surface area (Å²) in [5.74, 6) is -0.844. The second-order valence-electron chi connectivity index (χ2n) is 14.9. The largest absolute Gasteiger partial charge is 0.462 e. The van der Waals surface area contributed by atoms with Gasteiger partial charge >= 0.3 is 11.9 Å². The number of esters is 2. The molecule has 1 aromatic rings. The standard InChI is InChI=1S/C44H74Br4O4/c1-3-5-7-9-11-13-15-17-19-21-23-25-27-29-31-33-35-51-43(49)37-39(45)41(47)38(42(48)40(37)46)44(50)52-36-34-32-30-28-26-24-22-20-18-16-14-12-10-8-6-4-2/h3-36H2,1-2H3. The number of benzene rings is 1. The second-order valence-corrected chi connectivity index (χ2v) is 18.1.